The van der Waals surface area contributed by atoms with Crippen molar-refractivity contribution in [2.24, 2.45) is 0 Å². The van der Waals surface area contributed by atoms with Gasteiger partial charge in [-0.15, -0.1) is 0 Å². The van der Waals surface area contributed by atoms with Gasteiger partial charge in [0.15, 0.2) is 0 Å². The van der Waals surface area contributed by atoms with Crippen LogP contribution in [0.4, 0.5) is 5.69 Å². The lowest BCUT2D eigenvalue weighted by atomic mass is 9.94. The zero-order valence-electron chi connectivity index (χ0n) is 13.6. The Kier molecular flexibility index (Phi) is 2.67. The maximum absolute atomic E-state index is 12.9. The van der Waals surface area contributed by atoms with Crippen LogP contribution in [-0.2, 0) is 22.7 Å². The number of benzene rings is 1. The molecule has 1 atom stereocenters. The average Bonchev–Trinajstić information content (AvgIpc) is 2.96. The van der Waals surface area contributed by atoms with E-state index in [-0.39, 0.29) is 18.1 Å². The molecule has 6 nitrogen and oxygen atoms in total. The van der Waals surface area contributed by atoms with Crippen molar-refractivity contribution in [1.82, 2.24) is 9.55 Å². The first-order valence-corrected chi connectivity index (χ1v) is 8.16. The number of hydrogen-bond donors (Lipinski definition) is 1. The molecule has 0 radical (unpaired) electrons. The zero-order valence-corrected chi connectivity index (χ0v) is 13.6. The number of nitrogens with zero attached hydrogens (tertiary/aromatic N) is 2. The largest absolute Gasteiger partial charge is 0.460 e. The minimum Gasteiger partial charge on any atom is -0.460 e. The molecule has 0 saturated carbocycles. The van der Waals surface area contributed by atoms with Crippen molar-refractivity contribution >= 4 is 22.6 Å². The number of esters is 1. The summed E-state index contributed by atoms with van der Waals surface area (Å²) < 4.78 is 6.83. The smallest absolute Gasteiger partial charge is 0.313 e. The van der Waals surface area contributed by atoms with Gasteiger partial charge in [-0.1, -0.05) is 6.07 Å². The molecule has 2 aliphatic heterocycles. The van der Waals surface area contributed by atoms with Gasteiger partial charge < -0.3 is 15.0 Å². The molecule has 0 aliphatic carbocycles. The summed E-state index contributed by atoms with van der Waals surface area (Å²) in [5.41, 5.74) is 11.2. The molecule has 6 heteroatoms. The van der Waals surface area contributed by atoms with E-state index in [2.05, 4.69) is 0 Å². The van der Waals surface area contributed by atoms with Crippen LogP contribution in [0.2, 0.25) is 0 Å². The second kappa shape index (κ2) is 4.69. The first-order chi connectivity index (χ1) is 12.0. The molecule has 0 unspecified atom stereocenters. The van der Waals surface area contributed by atoms with E-state index in [4.69, 9.17) is 15.5 Å². The number of nitrogens with two attached hydrogens (primary N) is 1. The highest BCUT2D eigenvalue weighted by molar-refractivity contribution is 5.93. The second-order valence-electron chi connectivity index (χ2n) is 6.59. The molecule has 124 valence electrons. The molecular weight excluding hydrogens is 318 g/mol. The lowest BCUT2D eigenvalue weighted by molar-refractivity contribution is -0.147. The second-order valence-corrected chi connectivity index (χ2v) is 6.59. The molecule has 3 aromatic rings. The summed E-state index contributed by atoms with van der Waals surface area (Å²) in [7, 11) is 0. The van der Waals surface area contributed by atoms with E-state index in [9.17, 15) is 9.59 Å². The van der Waals surface area contributed by atoms with Crippen molar-refractivity contribution in [1.29, 1.82) is 0 Å². The van der Waals surface area contributed by atoms with Crippen molar-refractivity contribution < 1.29 is 9.53 Å². The number of rotatable bonds is 0. The quantitative estimate of drug-likeness (QED) is 0.394. The van der Waals surface area contributed by atoms with Gasteiger partial charge in [0, 0.05) is 16.6 Å². The van der Waals surface area contributed by atoms with E-state index in [0.717, 1.165) is 33.4 Å². The van der Waals surface area contributed by atoms with Crippen LogP contribution < -0.4 is 11.3 Å². The lowest BCUT2D eigenvalue weighted by Gasteiger charge is -2.22. The lowest BCUT2D eigenvalue weighted by Crippen LogP contribution is -2.31. The van der Waals surface area contributed by atoms with E-state index < -0.39 is 5.92 Å². The molecule has 4 heterocycles. The van der Waals surface area contributed by atoms with E-state index in [0.29, 0.717) is 17.8 Å². The third-order valence-corrected chi connectivity index (χ3v) is 5.16. The van der Waals surface area contributed by atoms with Crippen LogP contribution in [0.25, 0.3) is 22.3 Å². The number of carbonyl (C=O) groups excluding carboxylic acids is 1. The van der Waals surface area contributed by atoms with E-state index in [1.54, 1.807) is 11.5 Å². The standard InChI is InChI=1S/C19H15N3O3/c1-9-11-6-16-17-10(5-12-14(20)3-2-4-15(12)21-17)7-22(16)18(23)13(11)8-25-19(9)24/h2-6,9H,7-8,20H2,1H3/t9-/m1/s1. The number of aromatic nitrogens is 2. The predicted molar refractivity (Wildman–Crippen MR) is 93.2 cm³/mol. The molecule has 0 saturated heterocycles. The van der Waals surface area contributed by atoms with E-state index in [1.165, 1.54) is 0 Å². The SMILES string of the molecule is C[C@H]1C(=O)OCc2c1cc1n(c2=O)Cc2cc3c(N)cccc3nc2-1. The fourth-order valence-electron chi connectivity index (χ4n) is 3.76. The van der Waals surface area contributed by atoms with Crippen LogP contribution in [0, 0.1) is 0 Å². The first-order valence-electron chi connectivity index (χ1n) is 8.16. The predicted octanol–water partition coefficient (Wildman–Crippen LogP) is 2.17. The van der Waals surface area contributed by atoms with Gasteiger partial charge in [0.25, 0.3) is 5.56 Å². The molecule has 2 aromatic heterocycles. The summed E-state index contributed by atoms with van der Waals surface area (Å²) in [5.74, 6) is -0.739. The third-order valence-electron chi connectivity index (χ3n) is 5.16. The molecule has 0 bridgehead atoms. The number of anilines is 1. The Hall–Kier alpha value is -3.15. The van der Waals surface area contributed by atoms with Gasteiger partial charge in [-0.25, -0.2) is 4.98 Å². The Morgan fingerprint density at radius 1 is 1.28 bits per heavy atom. The monoisotopic (exact) mass is 333 g/mol. The topological polar surface area (TPSA) is 87.2 Å². The third kappa shape index (κ3) is 1.82. The molecule has 0 spiro atoms. The van der Waals surface area contributed by atoms with Gasteiger partial charge in [-0.2, -0.15) is 0 Å². The Morgan fingerprint density at radius 3 is 2.96 bits per heavy atom. The first kappa shape index (κ1) is 14.2. The normalized spacial score (nSPS) is 17.8. The summed E-state index contributed by atoms with van der Waals surface area (Å²) in [6, 6.07) is 9.53. The number of fused-ring (bicyclic) bond motifs is 5. The minimum atomic E-state index is -0.442. The van der Waals surface area contributed by atoms with E-state index in [1.807, 2.05) is 30.3 Å². The van der Waals surface area contributed by atoms with Gasteiger partial charge in [-0.3, -0.25) is 9.59 Å². The molecule has 0 fully saturated rings. The number of ether oxygens (including phenoxy) is 1. The molecule has 2 aliphatic rings. The maximum atomic E-state index is 12.9. The molecular formula is C19H15N3O3. The Balaban J connectivity index is 1.80. The van der Waals surface area contributed by atoms with Crippen LogP contribution in [0.5, 0.6) is 0 Å². The van der Waals surface area contributed by atoms with Crippen molar-refractivity contribution in [3.05, 3.63) is 57.4 Å². The number of cyclic esters (lactones) is 1. The molecule has 5 rings (SSSR count). The summed E-state index contributed by atoms with van der Waals surface area (Å²) in [4.78, 5) is 29.5. The maximum Gasteiger partial charge on any atom is 0.313 e. The van der Waals surface area contributed by atoms with Gasteiger partial charge in [0.2, 0.25) is 0 Å². The van der Waals surface area contributed by atoms with E-state index >= 15 is 0 Å². The van der Waals surface area contributed by atoms with Gasteiger partial charge in [-0.05, 0) is 36.8 Å². The Labute approximate surface area is 142 Å². The van der Waals surface area contributed by atoms with Crippen LogP contribution in [0.15, 0.2) is 35.1 Å². The number of nitrogen functional groups attached to an aromatic ring is 1. The van der Waals surface area contributed by atoms with Crippen LogP contribution in [0.1, 0.15) is 29.5 Å². The average molecular weight is 333 g/mol. The number of carbonyl (C=O) groups is 1. The van der Waals surface area contributed by atoms with Crippen molar-refractivity contribution in [2.75, 3.05) is 5.73 Å². The van der Waals surface area contributed by atoms with Gasteiger partial charge in [0.05, 0.1) is 34.9 Å². The van der Waals surface area contributed by atoms with Gasteiger partial charge in [0.1, 0.15) is 6.61 Å². The van der Waals surface area contributed by atoms with Crippen molar-refractivity contribution in [2.45, 2.75) is 26.0 Å². The van der Waals surface area contributed by atoms with Crippen molar-refractivity contribution in [3.63, 3.8) is 0 Å². The molecule has 25 heavy (non-hydrogen) atoms. The van der Waals surface area contributed by atoms with Crippen molar-refractivity contribution in [3.8, 4) is 11.4 Å². The minimum absolute atomic E-state index is 0.0380. The Morgan fingerprint density at radius 2 is 2.12 bits per heavy atom. The molecule has 2 N–H and O–H groups in total. The fraction of sp³-hybridized carbons (Fsp3) is 0.211. The van der Waals surface area contributed by atoms with Crippen LogP contribution in [0.3, 0.4) is 0 Å². The molecule has 0 amide bonds. The highest BCUT2D eigenvalue weighted by Crippen LogP contribution is 2.36. The summed E-state index contributed by atoms with van der Waals surface area (Å²) in [6.07, 6.45) is 0. The van der Waals surface area contributed by atoms with Crippen LogP contribution >= 0.6 is 0 Å². The number of pyridine rings is 2. The highest BCUT2D eigenvalue weighted by Gasteiger charge is 2.32. The Bertz CT molecular complexity index is 1150. The summed E-state index contributed by atoms with van der Waals surface area (Å²) >= 11 is 0. The number of hydrogen-bond acceptors (Lipinski definition) is 5. The molecule has 1 aromatic carbocycles. The summed E-state index contributed by atoms with van der Waals surface area (Å²) in [5, 5.41) is 0.888. The van der Waals surface area contributed by atoms with Crippen LogP contribution in [-0.4, -0.2) is 15.5 Å². The summed E-state index contributed by atoms with van der Waals surface area (Å²) in [6.45, 7) is 2.26. The zero-order chi connectivity index (χ0) is 17.3. The highest BCUT2D eigenvalue weighted by atomic mass is 16.5. The van der Waals surface area contributed by atoms with Gasteiger partial charge >= 0.3 is 5.97 Å². The fourth-order valence-corrected chi connectivity index (χ4v) is 3.76.